The van der Waals surface area contributed by atoms with Crippen LogP contribution >= 0.6 is 0 Å². The Morgan fingerprint density at radius 3 is 2.28 bits per heavy atom. The summed E-state index contributed by atoms with van der Waals surface area (Å²) >= 11 is 0. The highest BCUT2D eigenvalue weighted by Gasteiger charge is 2.28. The molecule has 152 valence electrons. The van der Waals surface area contributed by atoms with Gasteiger partial charge in [0.2, 0.25) is 5.91 Å². The number of aryl methyl sites for hydroxylation is 1. The van der Waals surface area contributed by atoms with Crippen LogP contribution in [0.4, 0.5) is 16.2 Å². The summed E-state index contributed by atoms with van der Waals surface area (Å²) in [5.41, 5.74) is 2.91. The minimum Gasteiger partial charge on any atom is -0.354 e. The topological polar surface area (TPSA) is 99.3 Å². The van der Waals surface area contributed by atoms with Gasteiger partial charge in [0.25, 0.3) is 5.91 Å². The monoisotopic (exact) mass is 394 g/mol. The lowest BCUT2D eigenvalue weighted by molar-refractivity contribution is -0.122. The predicted octanol–water partition coefficient (Wildman–Crippen LogP) is 3.15. The van der Waals surface area contributed by atoms with E-state index in [2.05, 4.69) is 21.3 Å². The molecule has 7 heteroatoms. The number of carbonyl (C=O) groups is 3. The molecular weight excluding hydrogens is 368 g/mol. The molecule has 7 nitrogen and oxygen atoms in total. The second-order valence-corrected chi connectivity index (χ2v) is 6.99. The highest BCUT2D eigenvalue weighted by Crippen LogP contribution is 2.28. The lowest BCUT2D eigenvalue weighted by atomic mass is 10.1. The third kappa shape index (κ3) is 6.07. The van der Waals surface area contributed by atoms with E-state index in [1.807, 2.05) is 31.2 Å². The van der Waals surface area contributed by atoms with Gasteiger partial charge in [-0.05, 0) is 55.2 Å². The van der Waals surface area contributed by atoms with Crippen molar-refractivity contribution in [2.75, 3.05) is 23.7 Å². The number of amides is 4. The van der Waals surface area contributed by atoms with Crippen molar-refractivity contribution < 1.29 is 14.4 Å². The second kappa shape index (κ2) is 9.73. The number of nitrogens with one attached hydrogen (secondary N) is 4. The van der Waals surface area contributed by atoms with Crippen LogP contribution in [0.1, 0.15) is 35.7 Å². The van der Waals surface area contributed by atoms with E-state index in [0.717, 1.165) is 30.5 Å². The van der Waals surface area contributed by atoms with Crippen molar-refractivity contribution in [2.24, 2.45) is 5.92 Å². The van der Waals surface area contributed by atoms with Gasteiger partial charge in [-0.3, -0.25) is 9.59 Å². The van der Waals surface area contributed by atoms with Crippen LogP contribution in [0.15, 0.2) is 48.5 Å². The average Bonchev–Trinajstić information content (AvgIpc) is 3.57. The van der Waals surface area contributed by atoms with Gasteiger partial charge in [0.15, 0.2) is 0 Å². The molecule has 1 aliphatic rings. The average molecular weight is 394 g/mol. The van der Waals surface area contributed by atoms with Crippen LogP contribution in [0.3, 0.4) is 0 Å². The summed E-state index contributed by atoms with van der Waals surface area (Å²) < 4.78 is 0. The second-order valence-electron chi connectivity index (χ2n) is 6.99. The first-order valence-electron chi connectivity index (χ1n) is 9.88. The van der Waals surface area contributed by atoms with E-state index in [1.54, 1.807) is 24.3 Å². The number of anilines is 2. The Hall–Kier alpha value is -3.35. The molecule has 1 aliphatic carbocycles. The van der Waals surface area contributed by atoms with Crippen LogP contribution in [0.5, 0.6) is 0 Å². The van der Waals surface area contributed by atoms with Gasteiger partial charge in [0.05, 0.1) is 0 Å². The summed E-state index contributed by atoms with van der Waals surface area (Å²) in [4.78, 5) is 35.9. The molecule has 4 N–H and O–H groups in total. The summed E-state index contributed by atoms with van der Waals surface area (Å²) in [5.74, 6) is 0.00598. The van der Waals surface area contributed by atoms with Crippen LogP contribution in [0.2, 0.25) is 0 Å². The lowest BCUT2D eigenvalue weighted by Gasteiger charge is -2.11. The zero-order chi connectivity index (χ0) is 20.6. The van der Waals surface area contributed by atoms with Gasteiger partial charge in [-0.2, -0.15) is 0 Å². The quantitative estimate of drug-likeness (QED) is 0.518. The molecular formula is C22H26N4O3. The molecule has 3 rings (SSSR count). The summed E-state index contributed by atoms with van der Waals surface area (Å²) in [6.45, 7) is 2.82. The van der Waals surface area contributed by atoms with Gasteiger partial charge in [0, 0.05) is 35.9 Å². The molecule has 0 aliphatic heterocycles. The Balaban J connectivity index is 1.44. The van der Waals surface area contributed by atoms with Crippen molar-refractivity contribution in [1.29, 1.82) is 0 Å². The van der Waals surface area contributed by atoms with Crippen molar-refractivity contribution in [3.63, 3.8) is 0 Å². The van der Waals surface area contributed by atoms with Gasteiger partial charge in [-0.25, -0.2) is 4.79 Å². The van der Waals surface area contributed by atoms with E-state index in [0.29, 0.717) is 24.3 Å². The number of hydrogen-bond donors (Lipinski definition) is 4. The zero-order valence-electron chi connectivity index (χ0n) is 16.5. The molecule has 0 bridgehead atoms. The van der Waals surface area contributed by atoms with Crippen molar-refractivity contribution in [2.45, 2.75) is 26.2 Å². The first kappa shape index (κ1) is 20.4. The molecule has 4 amide bonds. The Bertz CT molecular complexity index is 876. The molecule has 2 aromatic carbocycles. The molecule has 1 fully saturated rings. The summed E-state index contributed by atoms with van der Waals surface area (Å²) in [5, 5.41) is 11.2. The number of benzene rings is 2. The fourth-order valence-electron chi connectivity index (χ4n) is 2.89. The maximum absolute atomic E-state index is 12.2. The first-order valence-corrected chi connectivity index (χ1v) is 9.88. The van der Waals surface area contributed by atoms with E-state index in [9.17, 15) is 14.4 Å². The standard InChI is InChI=1S/C22H26N4O3/c1-2-15-5-3-4-6-19(15)26-22(29)25-18-11-9-17(10-12-18)21(28)24-14-13-23-20(27)16-7-8-16/h3-6,9-12,16H,2,7-8,13-14H2,1H3,(H,23,27)(H,24,28)(H2,25,26,29). The highest BCUT2D eigenvalue weighted by atomic mass is 16.2. The third-order valence-electron chi connectivity index (χ3n) is 4.71. The fourth-order valence-corrected chi connectivity index (χ4v) is 2.89. The smallest absolute Gasteiger partial charge is 0.323 e. The number of rotatable bonds is 8. The Labute approximate surface area is 170 Å². The van der Waals surface area contributed by atoms with Crippen LogP contribution in [-0.2, 0) is 11.2 Å². The molecule has 0 atom stereocenters. The van der Waals surface area contributed by atoms with Crippen LogP contribution < -0.4 is 21.3 Å². The van der Waals surface area contributed by atoms with Gasteiger partial charge in [0.1, 0.15) is 0 Å². The number of carbonyl (C=O) groups excluding carboxylic acids is 3. The van der Waals surface area contributed by atoms with Crippen LogP contribution in [-0.4, -0.2) is 30.9 Å². The molecule has 0 unspecified atom stereocenters. The molecule has 0 heterocycles. The van der Waals surface area contributed by atoms with Crippen LogP contribution in [0, 0.1) is 5.92 Å². The van der Waals surface area contributed by atoms with E-state index in [-0.39, 0.29) is 23.8 Å². The molecule has 1 saturated carbocycles. The third-order valence-corrected chi connectivity index (χ3v) is 4.71. The van der Waals surface area contributed by atoms with E-state index >= 15 is 0 Å². The fraction of sp³-hybridized carbons (Fsp3) is 0.318. The van der Waals surface area contributed by atoms with Crippen molar-refractivity contribution in [1.82, 2.24) is 10.6 Å². The first-order chi connectivity index (χ1) is 14.1. The van der Waals surface area contributed by atoms with Gasteiger partial charge >= 0.3 is 6.03 Å². The van der Waals surface area contributed by atoms with Crippen molar-refractivity contribution in [3.05, 3.63) is 59.7 Å². The summed E-state index contributed by atoms with van der Waals surface area (Å²) in [6.07, 6.45) is 2.74. The molecule has 0 aromatic heterocycles. The Morgan fingerprint density at radius 2 is 1.59 bits per heavy atom. The maximum Gasteiger partial charge on any atom is 0.323 e. The Morgan fingerprint density at radius 1 is 0.897 bits per heavy atom. The van der Waals surface area contributed by atoms with E-state index < -0.39 is 0 Å². The minimum absolute atomic E-state index is 0.0644. The molecule has 0 spiro atoms. The number of para-hydroxylation sites is 1. The van der Waals surface area contributed by atoms with Gasteiger partial charge in [-0.1, -0.05) is 25.1 Å². The Kier molecular flexibility index (Phi) is 6.84. The van der Waals surface area contributed by atoms with Crippen LogP contribution in [0.25, 0.3) is 0 Å². The number of urea groups is 1. The van der Waals surface area contributed by atoms with E-state index in [4.69, 9.17) is 0 Å². The van der Waals surface area contributed by atoms with Crippen molar-refractivity contribution >= 4 is 29.2 Å². The molecule has 0 radical (unpaired) electrons. The highest BCUT2D eigenvalue weighted by molar-refractivity contribution is 6.01. The van der Waals surface area contributed by atoms with Gasteiger partial charge in [-0.15, -0.1) is 0 Å². The summed E-state index contributed by atoms with van der Waals surface area (Å²) in [7, 11) is 0. The lowest BCUT2D eigenvalue weighted by Crippen LogP contribution is -2.35. The summed E-state index contributed by atoms with van der Waals surface area (Å²) in [6, 6.07) is 14.0. The predicted molar refractivity (Wildman–Crippen MR) is 113 cm³/mol. The SMILES string of the molecule is CCc1ccccc1NC(=O)Nc1ccc(C(=O)NCCNC(=O)C2CC2)cc1. The number of hydrogen-bond acceptors (Lipinski definition) is 3. The largest absolute Gasteiger partial charge is 0.354 e. The maximum atomic E-state index is 12.2. The van der Waals surface area contributed by atoms with Crippen molar-refractivity contribution in [3.8, 4) is 0 Å². The van der Waals surface area contributed by atoms with Gasteiger partial charge < -0.3 is 21.3 Å². The molecule has 29 heavy (non-hydrogen) atoms. The van der Waals surface area contributed by atoms with E-state index in [1.165, 1.54) is 0 Å². The normalized spacial score (nSPS) is 12.7. The minimum atomic E-state index is -0.338. The zero-order valence-corrected chi connectivity index (χ0v) is 16.5. The molecule has 2 aromatic rings. The molecule has 0 saturated heterocycles.